The van der Waals surface area contributed by atoms with Crippen molar-refractivity contribution >= 4 is 28.7 Å². The topological polar surface area (TPSA) is 123 Å². The van der Waals surface area contributed by atoms with E-state index in [0.717, 1.165) is 37.1 Å². The summed E-state index contributed by atoms with van der Waals surface area (Å²) in [6.07, 6.45) is 9.07. The van der Waals surface area contributed by atoms with Crippen LogP contribution in [-0.4, -0.2) is 70.4 Å². The van der Waals surface area contributed by atoms with E-state index in [1.54, 1.807) is 19.4 Å². The summed E-state index contributed by atoms with van der Waals surface area (Å²) in [5.41, 5.74) is 9.00. The summed E-state index contributed by atoms with van der Waals surface area (Å²) < 4.78 is 7.53. The molecular weight excluding hydrogens is 456 g/mol. The number of anilines is 2. The van der Waals surface area contributed by atoms with E-state index in [1.807, 2.05) is 16.8 Å². The first kappa shape index (κ1) is 24.3. The quantitative estimate of drug-likeness (QED) is 0.439. The molecule has 10 nitrogen and oxygen atoms in total. The number of nitrogens with one attached hydrogen (secondary N) is 2. The van der Waals surface area contributed by atoms with Crippen LogP contribution in [0.25, 0.3) is 11.0 Å². The Morgan fingerprint density at radius 1 is 1.19 bits per heavy atom. The van der Waals surface area contributed by atoms with E-state index >= 15 is 0 Å². The molecule has 1 amide bonds. The van der Waals surface area contributed by atoms with Crippen LogP contribution in [0.5, 0.6) is 5.75 Å². The Kier molecular flexibility index (Phi) is 7.22. The van der Waals surface area contributed by atoms with E-state index in [2.05, 4.69) is 37.6 Å². The molecule has 2 aromatic heterocycles. The predicted molar refractivity (Wildman–Crippen MR) is 140 cm³/mol. The number of likely N-dealkylation sites (N-methyl/N-ethyl adjacent to an activating group) is 1. The number of hydrogen-bond donors (Lipinski definition) is 3. The Hall–Kier alpha value is -3.40. The number of nitrogens with two attached hydrogens (primary N) is 1. The number of amides is 1. The lowest BCUT2D eigenvalue weighted by Crippen LogP contribution is -2.36. The van der Waals surface area contributed by atoms with Crippen molar-refractivity contribution < 1.29 is 9.53 Å². The van der Waals surface area contributed by atoms with Crippen molar-refractivity contribution in [2.24, 2.45) is 5.92 Å². The molecule has 3 aromatic rings. The van der Waals surface area contributed by atoms with Gasteiger partial charge in [-0.3, -0.25) is 9.48 Å². The average Bonchev–Trinajstić information content (AvgIpc) is 3.48. The van der Waals surface area contributed by atoms with Gasteiger partial charge in [-0.05, 0) is 50.9 Å². The number of hydrogen-bond acceptors (Lipinski definition) is 8. The zero-order valence-electron chi connectivity index (χ0n) is 21.2. The Morgan fingerprint density at radius 2 is 2.03 bits per heavy atom. The van der Waals surface area contributed by atoms with E-state index in [-0.39, 0.29) is 17.9 Å². The number of fused-ring (bicyclic) bond motifs is 1. The largest absolute Gasteiger partial charge is 0.496 e. The minimum Gasteiger partial charge on any atom is -0.496 e. The summed E-state index contributed by atoms with van der Waals surface area (Å²) in [5.74, 6) is 2.14. The third kappa shape index (κ3) is 5.38. The van der Waals surface area contributed by atoms with E-state index in [9.17, 15) is 4.79 Å². The zero-order valence-corrected chi connectivity index (χ0v) is 21.2. The van der Waals surface area contributed by atoms with Crippen LogP contribution in [0.15, 0.2) is 24.4 Å². The Bertz CT molecular complexity index is 1220. The molecule has 1 saturated heterocycles. The molecule has 0 bridgehead atoms. The average molecular weight is 493 g/mol. The number of carbonyl (C=O) groups is 1. The lowest BCUT2D eigenvalue weighted by Gasteiger charge is -2.22. The van der Waals surface area contributed by atoms with Crippen molar-refractivity contribution in [2.75, 3.05) is 44.8 Å². The van der Waals surface area contributed by atoms with E-state index < -0.39 is 0 Å². The fourth-order valence-corrected chi connectivity index (χ4v) is 5.39. The number of ether oxygens (including phenoxy) is 1. The molecule has 10 heteroatoms. The summed E-state index contributed by atoms with van der Waals surface area (Å²) >= 11 is 0. The summed E-state index contributed by atoms with van der Waals surface area (Å²) in [6, 6.07) is 5.74. The molecule has 5 rings (SSSR count). The second-order valence-electron chi connectivity index (χ2n) is 10.1. The maximum absolute atomic E-state index is 12.8. The highest BCUT2D eigenvalue weighted by Gasteiger charge is 2.22. The van der Waals surface area contributed by atoms with Crippen molar-refractivity contribution in [2.45, 2.75) is 51.1 Å². The van der Waals surface area contributed by atoms with E-state index in [1.165, 1.54) is 32.1 Å². The van der Waals surface area contributed by atoms with Gasteiger partial charge in [0.05, 0.1) is 19.9 Å². The van der Waals surface area contributed by atoms with Crippen LogP contribution in [-0.2, 0) is 6.54 Å². The first-order valence-corrected chi connectivity index (χ1v) is 12.9. The first-order chi connectivity index (χ1) is 17.5. The maximum Gasteiger partial charge on any atom is 0.251 e. The van der Waals surface area contributed by atoms with Gasteiger partial charge in [-0.1, -0.05) is 25.3 Å². The molecule has 192 valence electrons. The smallest absolute Gasteiger partial charge is 0.251 e. The Balaban J connectivity index is 1.35. The number of methoxy groups -OCH3 is 1. The van der Waals surface area contributed by atoms with Crippen molar-refractivity contribution in [3.8, 4) is 5.75 Å². The van der Waals surface area contributed by atoms with E-state index in [0.29, 0.717) is 35.1 Å². The van der Waals surface area contributed by atoms with Crippen molar-refractivity contribution in [1.29, 1.82) is 0 Å². The summed E-state index contributed by atoms with van der Waals surface area (Å²) in [7, 11) is 3.69. The number of carbonyl (C=O) groups excluding carboxylic acids is 1. The Labute approximate surface area is 211 Å². The molecule has 1 aliphatic carbocycles. The normalized spacial score (nSPS) is 19.0. The third-order valence-corrected chi connectivity index (χ3v) is 7.38. The number of aromatic nitrogens is 4. The van der Waals surface area contributed by atoms with E-state index in [4.69, 9.17) is 10.5 Å². The predicted octanol–water partition coefficient (Wildman–Crippen LogP) is 2.89. The molecule has 1 aliphatic heterocycles. The van der Waals surface area contributed by atoms with Gasteiger partial charge in [0.15, 0.2) is 5.82 Å². The minimum absolute atomic E-state index is 0.0808. The lowest BCUT2D eigenvalue weighted by molar-refractivity contribution is 0.0938. The molecule has 0 spiro atoms. The highest BCUT2D eigenvalue weighted by molar-refractivity contribution is 5.95. The van der Waals surface area contributed by atoms with Gasteiger partial charge in [0.1, 0.15) is 16.8 Å². The summed E-state index contributed by atoms with van der Waals surface area (Å²) in [4.78, 5) is 23.9. The van der Waals surface area contributed by atoms with Crippen LogP contribution in [0.2, 0.25) is 0 Å². The molecule has 3 heterocycles. The van der Waals surface area contributed by atoms with Gasteiger partial charge in [0, 0.05) is 30.3 Å². The molecule has 2 aliphatic rings. The summed E-state index contributed by atoms with van der Waals surface area (Å²) in [5, 5.41) is 11.2. The SMILES string of the molecule is COc1cc(C(=O)N[C@H]2CCN(C)C2)ccc1Cn1ncc2nc(N)nc(NCC3CCCCC3)c21. The Morgan fingerprint density at radius 3 is 2.78 bits per heavy atom. The zero-order chi connectivity index (χ0) is 25.1. The first-order valence-electron chi connectivity index (χ1n) is 12.9. The molecule has 2 fully saturated rings. The summed E-state index contributed by atoms with van der Waals surface area (Å²) in [6.45, 7) is 3.18. The molecule has 1 aromatic carbocycles. The minimum atomic E-state index is -0.0808. The lowest BCUT2D eigenvalue weighted by atomic mass is 9.89. The van der Waals surface area contributed by atoms with Gasteiger partial charge in [-0.15, -0.1) is 0 Å². The van der Waals surface area contributed by atoms with Crippen molar-refractivity contribution in [1.82, 2.24) is 30.0 Å². The molecular formula is C26H36N8O2. The number of benzene rings is 1. The number of likely N-dealkylation sites (tertiary alicyclic amines) is 1. The van der Waals surface area contributed by atoms with Gasteiger partial charge in [0.25, 0.3) is 5.91 Å². The number of nitrogens with zero attached hydrogens (tertiary/aromatic N) is 5. The third-order valence-electron chi connectivity index (χ3n) is 7.38. The van der Waals surface area contributed by atoms with Gasteiger partial charge in [-0.25, -0.2) is 4.98 Å². The van der Waals surface area contributed by atoms with Crippen LogP contribution < -0.4 is 21.1 Å². The molecule has 1 atom stereocenters. The molecule has 1 saturated carbocycles. The molecule has 0 unspecified atom stereocenters. The highest BCUT2D eigenvalue weighted by Crippen LogP contribution is 2.28. The van der Waals surface area contributed by atoms with Crippen LogP contribution in [0, 0.1) is 5.92 Å². The van der Waals surface area contributed by atoms with Gasteiger partial charge in [-0.2, -0.15) is 10.1 Å². The van der Waals surface area contributed by atoms with Crippen LogP contribution in [0.1, 0.15) is 54.4 Å². The van der Waals surface area contributed by atoms with Crippen molar-refractivity contribution in [3.63, 3.8) is 0 Å². The van der Waals surface area contributed by atoms with Crippen LogP contribution in [0.3, 0.4) is 0 Å². The second kappa shape index (κ2) is 10.7. The standard InChI is InChI=1S/C26H36N8O2/c1-33-11-10-20(16-33)30-25(35)18-8-9-19(22(12-18)36-2)15-34-23-21(14-29-34)31-26(27)32-24(23)28-13-17-6-4-3-5-7-17/h8-9,12,14,17,20H,3-7,10-11,13,15-16H2,1-2H3,(H,30,35)(H3,27,28,31,32)/t20-/m0/s1. The van der Waals surface area contributed by atoms with Crippen LogP contribution >= 0.6 is 0 Å². The van der Waals surface area contributed by atoms with Crippen molar-refractivity contribution in [3.05, 3.63) is 35.5 Å². The molecule has 36 heavy (non-hydrogen) atoms. The fraction of sp³-hybridized carbons (Fsp3) is 0.538. The number of nitrogen functional groups attached to an aromatic ring is 1. The monoisotopic (exact) mass is 492 g/mol. The highest BCUT2D eigenvalue weighted by atomic mass is 16.5. The fourth-order valence-electron chi connectivity index (χ4n) is 5.39. The van der Waals surface area contributed by atoms with Gasteiger partial charge >= 0.3 is 0 Å². The molecule has 0 radical (unpaired) electrons. The number of rotatable bonds is 8. The second-order valence-corrected chi connectivity index (χ2v) is 10.1. The van der Waals surface area contributed by atoms with Gasteiger partial charge < -0.3 is 26.0 Å². The maximum atomic E-state index is 12.8. The van der Waals surface area contributed by atoms with Crippen LogP contribution in [0.4, 0.5) is 11.8 Å². The van der Waals surface area contributed by atoms with Gasteiger partial charge in [0.2, 0.25) is 5.95 Å². The molecule has 4 N–H and O–H groups in total.